The van der Waals surface area contributed by atoms with E-state index in [1.807, 2.05) is 0 Å². The minimum Gasteiger partial charge on any atom is -0.489 e. The van der Waals surface area contributed by atoms with Crippen molar-refractivity contribution in [3.8, 4) is 17.6 Å². The Bertz CT molecular complexity index is 507. The fourth-order valence-corrected chi connectivity index (χ4v) is 2.99. The predicted octanol–water partition coefficient (Wildman–Crippen LogP) is 3.34. The van der Waals surface area contributed by atoms with Crippen molar-refractivity contribution in [1.82, 2.24) is 0 Å². The summed E-state index contributed by atoms with van der Waals surface area (Å²) in [7, 11) is 0. The lowest BCUT2D eigenvalue weighted by molar-refractivity contribution is 0.100. The SMILES string of the molecule is CC1CC(C)CC(Oc2cc(F)ccc2C#CCN)C1. The molecule has 2 atom stereocenters. The highest BCUT2D eigenvalue weighted by molar-refractivity contribution is 5.46. The number of nitrogens with two attached hydrogens (primary N) is 1. The van der Waals surface area contributed by atoms with Gasteiger partial charge in [-0.15, -0.1) is 0 Å². The summed E-state index contributed by atoms with van der Waals surface area (Å²) in [6.07, 6.45) is 3.42. The molecule has 2 nitrogen and oxygen atoms in total. The second kappa shape index (κ2) is 6.76. The van der Waals surface area contributed by atoms with Gasteiger partial charge in [0.1, 0.15) is 11.6 Å². The van der Waals surface area contributed by atoms with Gasteiger partial charge in [-0.25, -0.2) is 4.39 Å². The topological polar surface area (TPSA) is 35.2 Å². The molecule has 3 heteroatoms. The first-order valence-electron chi connectivity index (χ1n) is 7.23. The van der Waals surface area contributed by atoms with Crippen LogP contribution in [-0.4, -0.2) is 12.6 Å². The Morgan fingerprint density at radius 2 is 1.95 bits per heavy atom. The van der Waals surface area contributed by atoms with Gasteiger partial charge in [-0.2, -0.15) is 0 Å². The Kier molecular flexibility index (Phi) is 5.03. The molecule has 1 aromatic rings. The van der Waals surface area contributed by atoms with Gasteiger partial charge in [-0.05, 0) is 43.2 Å². The maximum absolute atomic E-state index is 13.4. The van der Waals surface area contributed by atoms with Crippen LogP contribution in [0.1, 0.15) is 38.7 Å². The lowest BCUT2D eigenvalue weighted by Gasteiger charge is -2.32. The number of rotatable bonds is 2. The number of hydrogen-bond acceptors (Lipinski definition) is 2. The normalized spacial score (nSPS) is 25.7. The molecule has 0 bridgehead atoms. The second-order valence-electron chi connectivity index (χ2n) is 5.80. The van der Waals surface area contributed by atoms with E-state index in [0.717, 1.165) is 12.8 Å². The molecule has 108 valence electrons. The molecule has 1 aliphatic carbocycles. The molecular formula is C17H22FNO. The minimum absolute atomic E-state index is 0.147. The summed E-state index contributed by atoms with van der Waals surface area (Å²) < 4.78 is 19.4. The molecule has 2 unspecified atom stereocenters. The lowest BCUT2D eigenvalue weighted by atomic mass is 9.82. The van der Waals surface area contributed by atoms with E-state index in [-0.39, 0.29) is 18.5 Å². The van der Waals surface area contributed by atoms with Crippen LogP contribution in [0.3, 0.4) is 0 Å². The summed E-state index contributed by atoms with van der Waals surface area (Å²) in [5.74, 6) is 7.28. The van der Waals surface area contributed by atoms with E-state index in [1.165, 1.54) is 18.6 Å². The smallest absolute Gasteiger partial charge is 0.138 e. The average molecular weight is 275 g/mol. The molecule has 1 fully saturated rings. The van der Waals surface area contributed by atoms with E-state index in [0.29, 0.717) is 23.1 Å². The van der Waals surface area contributed by atoms with Gasteiger partial charge in [0.2, 0.25) is 0 Å². The average Bonchev–Trinajstić information content (AvgIpc) is 2.36. The Balaban J connectivity index is 2.17. The van der Waals surface area contributed by atoms with Gasteiger partial charge in [0.05, 0.1) is 18.2 Å². The van der Waals surface area contributed by atoms with Crippen LogP contribution in [0.2, 0.25) is 0 Å². The van der Waals surface area contributed by atoms with E-state index in [1.54, 1.807) is 6.07 Å². The first kappa shape index (κ1) is 14.9. The van der Waals surface area contributed by atoms with Crippen molar-refractivity contribution >= 4 is 0 Å². The van der Waals surface area contributed by atoms with Crippen LogP contribution < -0.4 is 10.5 Å². The molecule has 0 heterocycles. The molecule has 0 aromatic heterocycles. The summed E-state index contributed by atoms with van der Waals surface area (Å²) in [6.45, 7) is 4.77. The van der Waals surface area contributed by atoms with Gasteiger partial charge in [-0.1, -0.05) is 25.7 Å². The first-order chi connectivity index (χ1) is 9.58. The van der Waals surface area contributed by atoms with E-state index in [2.05, 4.69) is 25.7 Å². The summed E-state index contributed by atoms with van der Waals surface area (Å²) in [4.78, 5) is 0. The number of benzene rings is 1. The molecule has 0 saturated heterocycles. The summed E-state index contributed by atoms with van der Waals surface area (Å²) in [6, 6.07) is 4.48. The van der Waals surface area contributed by atoms with E-state index in [4.69, 9.17) is 10.5 Å². The fourth-order valence-electron chi connectivity index (χ4n) is 2.99. The van der Waals surface area contributed by atoms with E-state index < -0.39 is 0 Å². The number of hydrogen-bond donors (Lipinski definition) is 1. The van der Waals surface area contributed by atoms with Gasteiger partial charge in [0.25, 0.3) is 0 Å². The van der Waals surface area contributed by atoms with Crippen LogP contribution in [0, 0.1) is 29.5 Å². The molecule has 0 amide bonds. The molecule has 0 spiro atoms. The quantitative estimate of drug-likeness (QED) is 0.840. The number of halogens is 1. The van der Waals surface area contributed by atoms with Crippen molar-refractivity contribution in [2.24, 2.45) is 17.6 Å². The van der Waals surface area contributed by atoms with Crippen LogP contribution in [0.5, 0.6) is 5.75 Å². The van der Waals surface area contributed by atoms with Gasteiger partial charge in [0, 0.05) is 6.07 Å². The van der Waals surface area contributed by atoms with Gasteiger partial charge < -0.3 is 10.5 Å². The number of ether oxygens (including phenoxy) is 1. The van der Waals surface area contributed by atoms with Crippen LogP contribution in [0.25, 0.3) is 0 Å². The summed E-state index contributed by atoms with van der Waals surface area (Å²) >= 11 is 0. The third-order valence-corrected chi connectivity index (χ3v) is 3.70. The molecule has 20 heavy (non-hydrogen) atoms. The van der Waals surface area contributed by atoms with Crippen molar-refractivity contribution < 1.29 is 9.13 Å². The summed E-state index contributed by atoms with van der Waals surface area (Å²) in [5.41, 5.74) is 6.10. The van der Waals surface area contributed by atoms with E-state index in [9.17, 15) is 4.39 Å². The third-order valence-electron chi connectivity index (χ3n) is 3.70. The molecule has 2 N–H and O–H groups in total. The molecule has 0 radical (unpaired) electrons. The summed E-state index contributed by atoms with van der Waals surface area (Å²) in [5, 5.41) is 0. The zero-order chi connectivity index (χ0) is 14.5. The first-order valence-corrected chi connectivity index (χ1v) is 7.23. The third kappa shape index (κ3) is 3.98. The highest BCUT2D eigenvalue weighted by atomic mass is 19.1. The predicted molar refractivity (Wildman–Crippen MR) is 78.9 cm³/mol. The lowest BCUT2D eigenvalue weighted by Crippen LogP contribution is -2.28. The molecule has 0 aliphatic heterocycles. The largest absolute Gasteiger partial charge is 0.489 e. The molecular weight excluding hydrogens is 253 g/mol. The van der Waals surface area contributed by atoms with E-state index >= 15 is 0 Å². The second-order valence-corrected chi connectivity index (χ2v) is 5.80. The van der Waals surface area contributed by atoms with Crippen molar-refractivity contribution in [2.45, 2.75) is 39.2 Å². The van der Waals surface area contributed by atoms with Crippen molar-refractivity contribution in [3.05, 3.63) is 29.6 Å². The minimum atomic E-state index is -0.296. The standard InChI is InChI=1S/C17H22FNO/c1-12-8-13(2)10-16(9-12)20-17-11-15(18)6-5-14(17)4-3-7-19/h5-6,11-13,16H,7-10,19H2,1-2H3. The molecule has 1 aliphatic rings. The monoisotopic (exact) mass is 275 g/mol. The zero-order valence-electron chi connectivity index (χ0n) is 12.2. The highest BCUT2D eigenvalue weighted by Crippen LogP contribution is 2.32. The van der Waals surface area contributed by atoms with Gasteiger partial charge in [-0.3, -0.25) is 0 Å². The van der Waals surface area contributed by atoms with Crippen LogP contribution in [-0.2, 0) is 0 Å². The Morgan fingerprint density at radius 3 is 2.60 bits per heavy atom. The maximum Gasteiger partial charge on any atom is 0.138 e. The highest BCUT2D eigenvalue weighted by Gasteiger charge is 2.25. The van der Waals surface area contributed by atoms with Gasteiger partial charge >= 0.3 is 0 Å². The maximum atomic E-state index is 13.4. The molecule has 1 saturated carbocycles. The van der Waals surface area contributed by atoms with Crippen molar-refractivity contribution in [3.63, 3.8) is 0 Å². The zero-order valence-corrected chi connectivity index (χ0v) is 12.2. The van der Waals surface area contributed by atoms with Crippen LogP contribution >= 0.6 is 0 Å². The van der Waals surface area contributed by atoms with Gasteiger partial charge in [0.15, 0.2) is 0 Å². The van der Waals surface area contributed by atoms with Crippen LogP contribution in [0.4, 0.5) is 4.39 Å². The molecule has 2 rings (SSSR count). The van der Waals surface area contributed by atoms with Crippen LogP contribution in [0.15, 0.2) is 18.2 Å². The Morgan fingerprint density at radius 1 is 1.25 bits per heavy atom. The van der Waals surface area contributed by atoms with Crippen molar-refractivity contribution in [1.29, 1.82) is 0 Å². The Labute approximate surface area is 120 Å². The Hall–Kier alpha value is -1.53. The van der Waals surface area contributed by atoms with Crippen molar-refractivity contribution in [2.75, 3.05) is 6.54 Å². The molecule has 1 aromatic carbocycles. The fraction of sp³-hybridized carbons (Fsp3) is 0.529.